The normalized spacial score (nSPS) is 13.3. The Bertz CT molecular complexity index is 538. The number of aliphatic hydroxyl groups is 2. The fourth-order valence-corrected chi connectivity index (χ4v) is 2.30. The zero-order valence-corrected chi connectivity index (χ0v) is 11.5. The largest absolute Gasteiger partial charge is 0.395 e. The molecule has 0 aliphatic rings. The molecule has 1 atom stereocenters. The minimum Gasteiger partial charge on any atom is -0.395 e. The Morgan fingerprint density at radius 1 is 1.26 bits per heavy atom. The number of aliphatic hydroxyl groups excluding tert-OH is 2. The number of hydrogen-bond acceptors (Lipinski definition) is 4. The smallest absolute Gasteiger partial charge is 0.127 e. The van der Waals surface area contributed by atoms with Crippen LogP contribution < -0.4 is 0 Å². The second-order valence-corrected chi connectivity index (χ2v) is 4.71. The fraction of sp³-hybridized carbons (Fsp3) is 0.500. The molecule has 2 aromatic rings. The minimum absolute atomic E-state index is 0.0871. The summed E-state index contributed by atoms with van der Waals surface area (Å²) in [6, 6.07) is 8.02. The van der Waals surface area contributed by atoms with Gasteiger partial charge in [0, 0.05) is 13.1 Å². The number of likely N-dealkylation sites (N-methyl/N-ethyl adjacent to an activating group) is 1. The zero-order valence-electron chi connectivity index (χ0n) is 11.5. The maximum Gasteiger partial charge on any atom is 0.127 e. The Kier molecular flexibility index (Phi) is 4.52. The lowest BCUT2D eigenvalue weighted by atomic mass is 10.2. The van der Waals surface area contributed by atoms with E-state index in [0.29, 0.717) is 13.1 Å². The standard InChI is InChI=1S/C14H21N3O2/c1-11(16(2)7-9-18)14-15-12-5-3-4-6-13(12)17(14)8-10-19/h3-6,11,18-19H,7-10H2,1-2H3. The Balaban J connectivity index is 2.43. The lowest BCUT2D eigenvalue weighted by molar-refractivity contribution is 0.180. The number of benzene rings is 1. The van der Waals surface area contributed by atoms with Crippen molar-refractivity contribution in [3.63, 3.8) is 0 Å². The molecule has 0 saturated carbocycles. The zero-order chi connectivity index (χ0) is 13.8. The summed E-state index contributed by atoms with van der Waals surface area (Å²) in [6.45, 7) is 3.41. The van der Waals surface area contributed by atoms with E-state index in [1.165, 1.54) is 0 Å². The van der Waals surface area contributed by atoms with Gasteiger partial charge in [0.2, 0.25) is 0 Å². The Labute approximate surface area is 113 Å². The van der Waals surface area contributed by atoms with Crippen molar-refractivity contribution in [1.82, 2.24) is 14.5 Å². The topological polar surface area (TPSA) is 61.5 Å². The van der Waals surface area contributed by atoms with Gasteiger partial charge in [0.15, 0.2) is 0 Å². The van der Waals surface area contributed by atoms with Gasteiger partial charge in [-0.3, -0.25) is 4.90 Å². The SMILES string of the molecule is CC(c1nc2ccccc2n1CCO)N(C)CCO. The number of hydrogen-bond donors (Lipinski definition) is 2. The number of imidazole rings is 1. The van der Waals surface area contributed by atoms with Gasteiger partial charge in [-0.1, -0.05) is 12.1 Å². The molecule has 0 bridgehead atoms. The van der Waals surface area contributed by atoms with Gasteiger partial charge in [-0.15, -0.1) is 0 Å². The molecule has 5 heteroatoms. The van der Waals surface area contributed by atoms with Crippen LogP contribution >= 0.6 is 0 Å². The average molecular weight is 263 g/mol. The van der Waals surface area contributed by atoms with Crippen molar-refractivity contribution in [2.24, 2.45) is 0 Å². The molecular weight excluding hydrogens is 242 g/mol. The van der Waals surface area contributed by atoms with Crippen LogP contribution in [0.15, 0.2) is 24.3 Å². The lowest BCUT2D eigenvalue weighted by Gasteiger charge is -2.24. The summed E-state index contributed by atoms with van der Waals surface area (Å²) in [5.41, 5.74) is 1.98. The summed E-state index contributed by atoms with van der Waals surface area (Å²) in [6.07, 6.45) is 0. The third-order valence-corrected chi connectivity index (χ3v) is 3.50. The minimum atomic E-state index is 0.0871. The van der Waals surface area contributed by atoms with Gasteiger partial charge in [-0.2, -0.15) is 0 Å². The van der Waals surface area contributed by atoms with Crippen molar-refractivity contribution in [2.45, 2.75) is 19.5 Å². The van der Waals surface area contributed by atoms with Gasteiger partial charge in [0.1, 0.15) is 5.82 Å². The highest BCUT2D eigenvalue weighted by Crippen LogP contribution is 2.23. The molecule has 1 aromatic heterocycles. The van der Waals surface area contributed by atoms with E-state index in [2.05, 4.69) is 16.8 Å². The summed E-state index contributed by atoms with van der Waals surface area (Å²) < 4.78 is 2.05. The second-order valence-electron chi connectivity index (χ2n) is 4.71. The Morgan fingerprint density at radius 2 is 2.00 bits per heavy atom. The van der Waals surface area contributed by atoms with Gasteiger partial charge in [-0.25, -0.2) is 4.98 Å². The molecule has 19 heavy (non-hydrogen) atoms. The molecular formula is C14H21N3O2. The molecule has 0 radical (unpaired) electrons. The summed E-state index contributed by atoms with van der Waals surface area (Å²) in [7, 11) is 1.96. The van der Waals surface area contributed by atoms with E-state index in [-0.39, 0.29) is 19.3 Å². The van der Waals surface area contributed by atoms with Crippen molar-refractivity contribution < 1.29 is 10.2 Å². The van der Waals surface area contributed by atoms with Crippen molar-refractivity contribution in [2.75, 3.05) is 26.8 Å². The third-order valence-electron chi connectivity index (χ3n) is 3.50. The average Bonchev–Trinajstić information content (AvgIpc) is 2.78. The van der Waals surface area contributed by atoms with Crippen molar-refractivity contribution in [1.29, 1.82) is 0 Å². The van der Waals surface area contributed by atoms with Crippen LogP contribution in [0.3, 0.4) is 0 Å². The molecule has 0 amide bonds. The van der Waals surface area contributed by atoms with Crippen LogP contribution in [0.1, 0.15) is 18.8 Å². The molecule has 0 fully saturated rings. The van der Waals surface area contributed by atoms with Crippen LogP contribution in [0.5, 0.6) is 0 Å². The predicted octanol–water partition coefficient (Wildman–Crippen LogP) is 1.01. The van der Waals surface area contributed by atoms with Gasteiger partial charge < -0.3 is 14.8 Å². The van der Waals surface area contributed by atoms with E-state index in [1.54, 1.807) is 0 Å². The molecule has 5 nitrogen and oxygen atoms in total. The van der Waals surface area contributed by atoms with Crippen LogP contribution in [0, 0.1) is 0 Å². The van der Waals surface area contributed by atoms with E-state index in [1.807, 2.05) is 35.9 Å². The van der Waals surface area contributed by atoms with Crippen LogP contribution in [0.2, 0.25) is 0 Å². The van der Waals surface area contributed by atoms with Crippen LogP contribution in [-0.4, -0.2) is 51.5 Å². The number of nitrogens with zero attached hydrogens (tertiary/aromatic N) is 3. The summed E-state index contributed by atoms with van der Waals surface area (Å²) >= 11 is 0. The molecule has 0 saturated heterocycles. The maximum atomic E-state index is 9.24. The molecule has 2 rings (SSSR count). The van der Waals surface area contributed by atoms with E-state index in [4.69, 9.17) is 5.11 Å². The van der Waals surface area contributed by atoms with Crippen molar-refractivity contribution in [3.05, 3.63) is 30.1 Å². The summed E-state index contributed by atoms with van der Waals surface area (Å²) in [5, 5.41) is 18.3. The summed E-state index contributed by atoms with van der Waals surface area (Å²) in [4.78, 5) is 6.71. The van der Waals surface area contributed by atoms with E-state index in [0.717, 1.165) is 16.9 Å². The molecule has 0 aliphatic carbocycles. The maximum absolute atomic E-state index is 9.24. The molecule has 2 N–H and O–H groups in total. The number of rotatable bonds is 6. The molecule has 1 unspecified atom stereocenters. The van der Waals surface area contributed by atoms with Crippen LogP contribution in [0.25, 0.3) is 11.0 Å². The lowest BCUT2D eigenvalue weighted by Crippen LogP contribution is -2.28. The quantitative estimate of drug-likeness (QED) is 0.816. The van der Waals surface area contributed by atoms with Crippen LogP contribution in [-0.2, 0) is 6.54 Å². The van der Waals surface area contributed by atoms with E-state index < -0.39 is 0 Å². The van der Waals surface area contributed by atoms with Gasteiger partial charge >= 0.3 is 0 Å². The van der Waals surface area contributed by atoms with Gasteiger partial charge in [0.25, 0.3) is 0 Å². The van der Waals surface area contributed by atoms with Gasteiger partial charge in [0.05, 0.1) is 30.3 Å². The predicted molar refractivity (Wildman–Crippen MR) is 74.9 cm³/mol. The highest BCUT2D eigenvalue weighted by Gasteiger charge is 2.19. The summed E-state index contributed by atoms with van der Waals surface area (Å²) in [5.74, 6) is 0.922. The first-order valence-electron chi connectivity index (χ1n) is 6.56. The first-order valence-corrected chi connectivity index (χ1v) is 6.56. The molecule has 104 valence electrons. The highest BCUT2D eigenvalue weighted by molar-refractivity contribution is 5.76. The van der Waals surface area contributed by atoms with Crippen LogP contribution in [0.4, 0.5) is 0 Å². The number of fused-ring (bicyclic) bond motifs is 1. The number of aromatic nitrogens is 2. The second kappa shape index (κ2) is 6.14. The number of para-hydroxylation sites is 2. The van der Waals surface area contributed by atoms with Crippen molar-refractivity contribution >= 4 is 11.0 Å². The molecule has 1 aromatic carbocycles. The Morgan fingerprint density at radius 3 is 2.68 bits per heavy atom. The molecule has 1 heterocycles. The van der Waals surface area contributed by atoms with E-state index in [9.17, 15) is 5.11 Å². The monoisotopic (exact) mass is 263 g/mol. The first kappa shape index (κ1) is 14.0. The van der Waals surface area contributed by atoms with Crippen molar-refractivity contribution in [3.8, 4) is 0 Å². The van der Waals surface area contributed by atoms with E-state index >= 15 is 0 Å². The third kappa shape index (κ3) is 2.78. The first-order chi connectivity index (χ1) is 9.19. The molecule has 0 aliphatic heterocycles. The highest BCUT2D eigenvalue weighted by atomic mass is 16.3. The van der Waals surface area contributed by atoms with Gasteiger partial charge in [-0.05, 0) is 26.1 Å². The molecule has 0 spiro atoms. The fourth-order valence-electron chi connectivity index (χ4n) is 2.30. The Hall–Kier alpha value is -1.43.